The molecule has 0 N–H and O–H groups in total. The topological polar surface area (TPSA) is 44.8 Å². The summed E-state index contributed by atoms with van der Waals surface area (Å²) >= 11 is 0. The van der Waals surface area contributed by atoms with E-state index in [0.29, 0.717) is 23.7 Å². The molecule has 0 atom stereocenters. The average Bonchev–Trinajstić information content (AvgIpc) is 2.66. The van der Waals surface area contributed by atoms with Crippen LogP contribution in [0, 0.1) is 0 Å². The largest absolute Gasteiger partial charge is 0.497 e. The van der Waals surface area contributed by atoms with Gasteiger partial charge in [0.15, 0.2) is 5.78 Å². The molecule has 4 heteroatoms. The summed E-state index contributed by atoms with van der Waals surface area (Å²) in [5, 5.41) is 0. The van der Waals surface area contributed by atoms with Crippen molar-refractivity contribution in [2.24, 2.45) is 0 Å². The van der Waals surface area contributed by atoms with Crippen LogP contribution in [0.2, 0.25) is 0 Å². The Morgan fingerprint density at radius 2 is 1.65 bits per heavy atom. The Morgan fingerprint density at radius 1 is 0.962 bits per heavy atom. The highest BCUT2D eigenvalue weighted by molar-refractivity contribution is 6.07. The van der Waals surface area contributed by atoms with Gasteiger partial charge in [0.05, 0.1) is 14.2 Å². The van der Waals surface area contributed by atoms with Crippen molar-refractivity contribution in [1.29, 1.82) is 0 Å². The second-order valence-corrected chi connectivity index (χ2v) is 5.92. The van der Waals surface area contributed by atoms with Crippen LogP contribution < -0.4 is 14.2 Å². The van der Waals surface area contributed by atoms with Gasteiger partial charge in [-0.2, -0.15) is 0 Å². The predicted octanol–water partition coefficient (Wildman–Crippen LogP) is 4.94. The van der Waals surface area contributed by atoms with Gasteiger partial charge in [0.25, 0.3) is 0 Å². The molecule has 0 saturated heterocycles. The Balaban J connectivity index is 2.05. The van der Waals surface area contributed by atoms with Gasteiger partial charge >= 0.3 is 0 Å². The minimum absolute atomic E-state index is 0.0845. The minimum atomic E-state index is -0.0845. The van der Waals surface area contributed by atoms with Gasteiger partial charge in [0, 0.05) is 17.2 Å². The van der Waals surface area contributed by atoms with E-state index in [9.17, 15) is 4.79 Å². The monoisotopic (exact) mass is 352 g/mol. The quantitative estimate of drug-likeness (QED) is 0.383. The maximum absolute atomic E-state index is 12.4. The lowest BCUT2D eigenvalue weighted by molar-refractivity contribution is 0.104. The fourth-order valence-corrected chi connectivity index (χ4v) is 2.24. The van der Waals surface area contributed by atoms with E-state index in [2.05, 4.69) is 0 Å². The zero-order valence-corrected chi connectivity index (χ0v) is 15.6. The Morgan fingerprint density at radius 3 is 2.27 bits per heavy atom. The fourth-order valence-electron chi connectivity index (χ4n) is 2.24. The molecule has 0 saturated carbocycles. The number of allylic oxidation sites excluding steroid dienone is 2. The zero-order chi connectivity index (χ0) is 18.9. The lowest BCUT2D eigenvalue weighted by Gasteiger charge is -2.07. The van der Waals surface area contributed by atoms with E-state index in [1.54, 1.807) is 50.6 Å². The standard InChI is InChI=1S/C22H24O4/c1-16(2)13-14-26-19-9-5-17(6-10-19)21(23)12-8-18-7-11-20(24-3)15-22(18)25-4/h5-13,15H,14H2,1-4H3. The maximum atomic E-state index is 12.4. The molecule has 0 spiro atoms. The van der Waals surface area contributed by atoms with Crippen molar-refractivity contribution in [2.75, 3.05) is 20.8 Å². The molecule has 0 heterocycles. The number of benzene rings is 2. The molecule has 0 aliphatic heterocycles. The van der Waals surface area contributed by atoms with Crippen molar-refractivity contribution >= 4 is 11.9 Å². The van der Waals surface area contributed by atoms with Gasteiger partial charge in [-0.1, -0.05) is 5.57 Å². The Kier molecular flexibility index (Phi) is 7.03. The van der Waals surface area contributed by atoms with Gasteiger partial charge in [0.1, 0.15) is 23.9 Å². The van der Waals surface area contributed by atoms with Crippen LogP contribution in [0.3, 0.4) is 0 Å². The van der Waals surface area contributed by atoms with Crippen molar-refractivity contribution in [3.05, 3.63) is 71.3 Å². The number of rotatable bonds is 8. The molecule has 26 heavy (non-hydrogen) atoms. The number of hydrogen-bond acceptors (Lipinski definition) is 4. The van der Waals surface area contributed by atoms with Crippen LogP contribution in [0.5, 0.6) is 17.2 Å². The summed E-state index contributed by atoms with van der Waals surface area (Å²) in [6.45, 7) is 4.57. The molecule has 2 aromatic rings. The molecule has 0 fully saturated rings. The first-order chi connectivity index (χ1) is 12.5. The summed E-state index contributed by atoms with van der Waals surface area (Å²) in [5.74, 6) is 2.00. The van der Waals surface area contributed by atoms with Gasteiger partial charge in [-0.25, -0.2) is 0 Å². The first kappa shape index (κ1) is 19.3. The third kappa shape index (κ3) is 5.52. The molecule has 2 rings (SSSR count). The van der Waals surface area contributed by atoms with E-state index in [-0.39, 0.29) is 5.78 Å². The molecule has 0 aromatic heterocycles. The van der Waals surface area contributed by atoms with E-state index in [4.69, 9.17) is 14.2 Å². The summed E-state index contributed by atoms with van der Waals surface area (Å²) in [5.41, 5.74) is 2.61. The Bertz CT molecular complexity index is 797. The van der Waals surface area contributed by atoms with Crippen LogP contribution in [0.15, 0.2) is 60.2 Å². The van der Waals surface area contributed by atoms with E-state index < -0.39 is 0 Å². The van der Waals surface area contributed by atoms with Crippen LogP contribution >= 0.6 is 0 Å². The summed E-state index contributed by atoms with van der Waals surface area (Å²) in [6, 6.07) is 12.6. The second-order valence-electron chi connectivity index (χ2n) is 5.92. The van der Waals surface area contributed by atoms with Crippen molar-refractivity contribution in [3.8, 4) is 17.2 Å². The summed E-state index contributed by atoms with van der Waals surface area (Å²) in [4.78, 5) is 12.4. The van der Waals surface area contributed by atoms with Gasteiger partial charge in [-0.15, -0.1) is 0 Å². The molecule has 0 aliphatic rings. The number of hydrogen-bond donors (Lipinski definition) is 0. The fraction of sp³-hybridized carbons (Fsp3) is 0.227. The third-order valence-corrected chi connectivity index (χ3v) is 3.74. The van der Waals surface area contributed by atoms with Gasteiger partial charge < -0.3 is 14.2 Å². The maximum Gasteiger partial charge on any atom is 0.185 e. The first-order valence-electron chi connectivity index (χ1n) is 8.34. The molecular formula is C22H24O4. The summed E-state index contributed by atoms with van der Waals surface area (Å²) in [6.07, 6.45) is 5.27. The van der Waals surface area contributed by atoms with E-state index >= 15 is 0 Å². The van der Waals surface area contributed by atoms with Crippen LogP contribution in [0.4, 0.5) is 0 Å². The molecule has 0 unspecified atom stereocenters. The molecule has 4 nitrogen and oxygen atoms in total. The first-order valence-corrected chi connectivity index (χ1v) is 8.34. The molecule has 0 bridgehead atoms. The van der Waals surface area contributed by atoms with Crippen LogP contribution in [0.25, 0.3) is 6.08 Å². The van der Waals surface area contributed by atoms with Crippen molar-refractivity contribution in [2.45, 2.75) is 13.8 Å². The normalized spacial score (nSPS) is 10.5. The number of carbonyl (C=O) groups is 1. The Labute approximate surface area is 154 Å². The van der Waals surface area contributed by atoms with Crippen molar-refractivity contribution < 1.29 is 19.0 Å². The van der Waals surface area contributed by atoms with Gasteiger partial charge in [-0.05, 0) is 68.5 Å². The Hall–Kier alpha value is -3.01. The molecule has 0 radical (unpaired) electrons. The van der Waals surface area contributed by atoms with Crippen LogP contribution in [-0.2, 0) is 0 Å². The molecular weight excluding hydrogens is 328 g/mol. The van der Waals surface area contributed by atoms with Gasteiger partial charge in [-0.3, -0.25) is 4.79 Å². The predicted molar refractivity (Wildman–Crippen MR) is 104 cm³/mol. The SMILES string of the molecule is COc1ccc(C=CC(=O)c2ccc(OCC=C(C)C)cc2)c(OC)c1. The van der Waals surface area contributed by atoms with E-state index in [0.717, 1.165) is 11.3 Å². The number of carbonyl (C=O) groups excluding carboxylic acids is 1. The van der Waals surface area contributed by atoms with E-state index in [1.807, 2.05) is 32.1 Å². The smallest absolute Gasteiger partial charge is 0.185 e. The average molecular weight is 352 g/mol. The third-order valence-electron chi connectivity index (χ3n) is 3.74. The lowest BCUT2D eigenvalue weighted by Crippen LogP contribution is -1.97. The summed E-state index contributed by atoms with van der Waals surface area (Å²) < 4.78 is 16.1. The highest BCUT2D eigenvalue weighted by atomic mass is 16.5. The molecule has 0 aliphatic carbocycles. The van der Waals surface area contributed by atoms with Crippen molar-refractivity contribution in [1.82, 2.24) is 0 Å². The van der Waals surface area contributed by atoms with Crippen LogP contribution in [0.1, 0.15) is 29.8 Å². The molecule has 2 aromatic carbocycles. The number of ketones is 1. The number of methoxy groups -OCH3 is 2. The molecule has 136 valence electrons. The number of ether oxygens (including phenoxy) is 3. The lowest BCUT2D eigenvalue weighted by atomic mass is 10.1. The van der Waals surface area contributed by atoms with E-state index in [1.165, 1.54) is 11.6 Å². The minimum Gasteiger partial charge on any atom is -0.497 e. The van der Waals surface area contributed by atoms with Crippen LogP contribution in [-0.4, -0.2) is 26.6 Å². The summed E-state index contributed by atoms with van der Waals surface area (Å²) in [7, 11) is 3.18. The zero-order valence-electron chi connectivity index (χ0n) is 15.6. The highest BCUT2D eigenvalue weighted by Gasteiger charge is 2.05. The van der Waals surface area contributed by atoms with Gasteiger partial charge in [0.2, 0.25) is 0 Å². The van der Waals surface area contributed by atoms with Crippen molar-refractivity contribution in [3.63, 3.8) is 0 Å². The molecule has 0 amide bonds. The highest BCUT2D eigenvalue weighted by Crippen LogP contribution is 2.25. The second kappa shape index (κ2) is 9.47.